The zero-order chi connectivity index (χ0) is 25.6. The summed E-state index contributed by atoms with van der Waals surface area (Å²) in [4.78, 5) is 21.1. The van der Waals surface area contributed by atoms with Gasteiger partial charge in [-0.3, -0.25) is 9.69 Å². The van der Waals surface area contributed by atoms with Crippen LogP contribution >= 0.6 is 0 Å². The number of tetrazole rings is 1. The van der Waals surface area contributed by atoms with E-state index in [0.717, 1.165) is 40.8 Å². The van der Waals surface area contributed by atoms with Gasteiger partial charge in [-0.1, -0.05) is 6.07 Å². The molecule has 1 atom stereocenters. The molecule has 1 unspecified atom stereocenters. The number of aromatic amines is 1. The molecule has 5 rings (SSSR count). The number of piperazine rings is 1. The zero-order valence-corrected chi connectivity index (χ0v) is 21.4. The van der Waals surface area contributed by atoms with Crippen LogP contribution in [0.4, 0.5) is 10.1 Å². The Balaban J connectivity index is 1.57. The molecule has 0 bridgehead atoms. The Labute approximate surface area is 209 Å². The predicted octanol–water partition coefficient (Wildman–Crippen LogP) is 3.94. The van der Waals surface area contributed by atoms with Crippen LogP contribution in [0.5, 0.6) is 0 Å². The maximum Gasteiger partial charge on any atom is 0.253 e. The number of anilines is 1. The fourth-order valence-corrected chi connectivity index (χ4v) is 5.12. The molecule has 3 heterocycles. The Kier molecular flexibility index (Phi) is 6.12. The van der Waals surface area contributed by atoms with Crippen LogP contribution in [0, 0.1) is 19.7 Å². The maximum atomic E-state index is 13.5. The molecule has 0 saturated carbocycles. The van der Waals surface area contributed by atoms with Crippen LogP contribution in [0.15, 0.2) is 47.3 Å². The highest BCUT2D eigenvalue weighted by Gasteiger charge is 2.35. The molecule has 8 nitrogen and oxygen atoms in total. The van der Waals surface area contributed by atoms with E-state index in [2.05, 4.69) is 43.3 Å². The third kappa shape index (κ3) is 4.51. The molecule has 36 heavy (non-hydrogen) atoms. The van der Waals surface area contributed by atoms with Crippen molar-refractivity contribution >= 4 is 16.6 Å². The summed E-state index contributed by atoms with van der Waals surface area (Å²) >= 11 is 0. The van der Waals surface area contributed by atoms with E-state index in [-0.39, 0.29) is 16.9 Å². The van der Waals surface area contributed by atoms with Crippen molar-refractivity contribution in [2.45, 2.75) is 46.2 Å². The summed E-state index contributed by atoms with van der Waals surface area (Å²) < 4.78 is 15.2. The van der Waals surface area contributed by atoms with Crippen molar-refractivity contribution < 1.29 is 4.39 Å². The van der Waals surface area contributed by atoms with Crippen LogP contribution in [0.2, 0.25) is 0 Å². The first kappa shape index (κ1) is 24.1. The van der Waals surface area contributed by atoms with Crippen molar-refractivity contribution in [3.63, 3.8) is 0 Å². The number of H-pyrrole nitrogens is 1. The maximum absolute atomic E-state index is 13.5. The number of nitrogens with one attached hydrogen (secondary N) is 1. The first-order valence-electron chi connectivity index (χ1n) is 12.3. The molecule has 2 aromatic heterocycles. The summed E-state index contributed by atoms with van der Waals surface area (Å²) in [7, 11) is 0. The number of aryl methyl sites for hydroxylation is 2. The van der Waals surface area contributed by atoms with Gasteiger partial charge in [0.2, 0.25) is 0 Å². The van der Waals surface area contributed by atoms with Crippen LogP contribution in [-0.2, 0) is 5.54 Å². The van der Waals surface area contributed by atoms with Gasteiger partial charge in [-0.2, -0.15) is 0 Å². The van der Waals surface area contributed by atoms with Gasteiger partial charge < -0.3 is 9.88 Å². The number of pyridine rings is 1. The Morgan fingerprint density at radius 2 is 1.69 bits per heavy atom. The fourth-order valence-electron chi connectivity index (χ4n) is 5.12. The number of halogens is 1. The fraction of sp³-hybridized carbons (Fsp3) is 0.407. The number of aromatic nitrogens is 5. The Morgan fingerprint density at radius 1 is 1.00 bits per heavy atom. The van der Waals surface area contributed by atoms with E-state index in [1.54, 1.807) is 12.1 Å². The lowest BCUT2D eigenvalue weighted by molar-refractivity contribution is 0.190. The minimum absolute atomic E-state index is 0.137. The minimum Gasteiger partial charge on any atom is -0.369 e. The van der Waals surface area contributed by atoms with Crippen molar-refractivity contribution in [3.8, 4) is 0 Å². The van der Waals surface area contributed by atoms with E-state index in [9.17, 15) is 9.18 Å². The Hall–Kier alpha value is -3.59. The highest BCUT2D eigenvalue weighted by Crippen LogP contribution is 2.31. The summed E-state index contributed by atoms with van der Waals surface area (Å²) in [5, 5.41) is 13.7. The standard InChI is InChI=1S/C27H32FN7O/c1-17-14-18(2)21-16-22(26(36)29-23(21)15-17)24(25-30-31-32-35(25)27(3,4)5)34-12-10-33(11-13-34)20-8-6-19(28)7-9-20/h6-9,14-16,24H,10-13H2,1-5H3,(H,29,36). The molecule has 188 valence electrons. The molecule has 1 aliphatic rings. The van der Waals surface area contributed by atoms with Gasteiger partial charge >= 0.3 is 0 Å². The summed E-state index contributed by atoms with van der Waals surface area (Å²) in [5.41, 5.74) is 4.17. The highest BCUT2D eigenvalue weighted by molar-refractivity contribution is 5.83. The van der Waals surface area contributed by atoms with Gasteiger partial charge in [0.1, 0.15) is 11.9 Å². The van der Waals surface area contributed by atoms with E-state index in [1.807, 2.05) is 44.5 Å². The van der Waals surface area contributed by atoms with Gasteiger partial charge in [-0.05, 0) is 92.6 Å². The van der Waals surface area contributed by atoms with Crippen LogP contribution < -0.4 is 10.5 Å². The largest absolute Gasteiger partial charge is 0.369 e. The lowest BCUT2D eigenvalue weighted by atomic mass is 9.98. The molecule has 1 fully saturated rings. The predicted molar refractivity (Wildman–Crippen MR) is 139 cm³/mol. The Morgan fingerprint density at radius 3 is 2.36 bits per heavy atom. The second kappa shape index (κ2) is 9.13. The third-order valence-corrected chi connectivity index (χ3v) is 6.88. The zero-order valence-electron chi connectivity index (χ0n) is 21.4. The normalized spacial score (nSPS) is 16.0. The average molecular weight is 490 g/mol. The van der Waals surface area contributed by atoms with Gasteiger partial charge in [0.25, 0.3) is 5.56 Å². The van der Waals surface area contributed by atoms with Crippen molar-refractivity contribution in [2.24, 2.45) is 0 Å². The van der Waals surface area contributed by atoms with E-state index in [0.29, 0.717) is 24.5 Å². The SMILES string of the molecule is Cc1cc(C)c2cc(C(c3nnnn3C(C)(C)C)N3CCN(c4ccc(F)cc4)CC3)c(=O)[nH]c2c1. The van der Waals surface area contributed by atoms with Crippen LogP contribution in [0.1, 0.15) is 49.3 Å². The quantitative estimate of drug-likeness (QED) is 0.468. The first-order chi connectivity index (χ1) is 17.1. The number of rotatable bonds is 4. The van der Waals surface area contributed by atoms with Crippen LogP contribution in [0.3, 0.4) is 0 Å². The van der Waals surface area contributed by atoms with Crippen molar-refractivity contribution in [1.29, 1.82) is 0 Å². The summed E-state index contributed by atoms with van der Waals surface area (Å²) in [6, 6.07) is 12.3. The topological polar surface area (TPSA) is 82.9 Å². The van der Waals surface area contributed by atoms with Crippen molar-refractivity contribution in [2.75, 3.05) is 31.1 Å². The van der Waals surface area contributed by atoms with Crippen molar-refractivity contribution in [1.82, 2.24) is 30.1 Å². The van der Waals surface area contributed by atoms with Crippen LogP contribution in [0.25, 0.3) is 10.9 Å². The number of hydrogen-bond acceptors (Lipinski definition) is 6. The summed E-state index contributed by atoms with van der Waals surface area (Å²) in [6.07, 6.45) is 0. The van der Waals surface area contributed by atoms with Crippen molar-refractivity contribution in [3.05, 3.63) is 81.2 Å². The molecule has 0 amide bonds. The molecule has 0 aliphatic carbocycles. The Bertz CT molecular complexity index is 1440. The summed E-state index contributed by atoms with van der Waals surface area (Å²) in [5.74, 6) is 0.403. The number of hydrogen-bond donors (Lipinski definition) is 1. The molecule has 1 N–H and O–H groups in total. The second-order valence-corrected chi connectivity index (χ2v) is 10.6. The molecular formula is C27H32FN7O. The van der Waals surface area contributed by atoms with Crippen LogP contribution in [-0.4, -0.2) is 56.3 Å². The first-order valence-corrected chi connectivity index (χ1v) is 12.3. The monoisotopic (exact) mass is 489 g/mol. The smallest absolute Gasteiger partial charge is 0.253 e. The number of nitrogens with zero attached hydrogens (tertiary/aromatic N) is 6. The number of fused-ring (bicyclic) bond motifs is 1. The van der Waals surface area contributed by atoms with Gasteiger partial charge in [-0.25, -0.2) is 9.07 Å². The second-order valence-electron chi connectivity index (χ2n) is 10.6. The van der Waals surface area contributed by atoms with E-state index in [4.69, 9.17) is 0 Å². The molecule has 2 aromatic carbocycles. The molecule has 0 radical (unpaired) electrons. The lowest BCUT2D eigenvalue weighted by Gasteiger charge is -2.40. The van der Waals surface area contributed by atoms with E-state index < -0.39 is 6.04 Å². The molecule has 1 aliphatic heterocycles. The minimum atomic E-state index is -0.413. The van der Waals surface area contributed by atoms with Gasteiger partial charge in [0.05, 0.1) is 5.54 Å². The molecule has 0 spiro atoms. The average Bonchev–Trinajstić information content (AvgIpc) is 3.31. The third-order valence-electron chi connectivity index (χ3n) is 6.88. The van der Waals surface area contributed by atoms with Gasteiger partial charge in [0.15, 0.2) is 5.82 Å². The summed E-state index contributed by atoms with van der Waals surface area (Å²) in [6.45, 7) is 13.1. The molecule has 4 aromatic rings. The molecule has 9 heteroatoms. The molecule has 1 saturated heterocycles. The number of benzene rings is 2. The van der Waals surface area contributed by atoms with E-state index in [1.165, 1.54) is 12.1 Å². The molecular weight excluding hydrogens is 457 g/mol. The van der Waals surface area contributed by atoms with Gasteiger partial charge in [-0.15, -0.1) is 5.10 Å². The lowest BCUT2D eigenvalue weighted by Crippen LogP contribution is -2.49. The van der Waals surface area contributed by atoms with Gasteiger partial charge in [0, 0.05) is 48.3 Å². The highest BCUT2D eigenvalue weighted by atomic mass is 19.1. The van der Waals surface area contributed by atoms with E-state index >= 15 is 0 Å².